The Morgan fingerprint density at radius 2 is 2.04 bits per heavy atom. The highest BCUT2D eigenvalue weighted by Gasteiger charge is 2.21. The third-order valence-electron chi connectivity index (χ3n) is 4.64. The van der Waals surface area contributed by atoms with Crippen LogP contribution >= 0.6 is 0 Å². The van der Waals surface area contributed by atoms with E-state index in [2.05, 4.69) is 15.2 Å². The lowest BCUT2D eigenvalue weighted by Crippen LogP contribution is -2.41. The summed E-state index contributed by atoms with van der Waals surface area (Å²) in [5.74, 6) is -0.635. The molecule has 1 atom stereocenters. The smallest absolute Gasteiger partial charge is 0.354 e. The second kappa shape index (κ2) is 8.47. The van der Waals surface area contributed by atoms with Gasteiger partial charge in [0.15, 0.2) is 0 Å². The van der Waals surface area contributed by atoms with Crippen LogP contribution in [0.2, 0.25) is 0 Å². The largest absolute Gasteiger partial charge is 0.477 e. The molecule has 6 heteroatoms. The van der Waals surface area contributed by atoms with Gasteiger partial charge < -0.3 is 15.3 Å². The average Bonchev–Trinajstić information content (AvgIpc) is 2.67. The standard InChI is InChI=1S/C20H23N3O3/c24-19(11-15-5-2-1-3-6-15)22-13-16-7-4-10-23(14-16)17-8-9-21-18(12-17)20(25)26/h1-3,5-6,8-9,12,16H,4,7,10-11,13-14H2,(H,22,24)(H,25,26). The lowest BCUT2D eigenvalue weighted by atomic mass is 9.97. The number of nitrogens with zero attached hydrogens (tertiary/aromatic N) is 2. The zero-order valence-corrected chi connectivity index (χ0v) is 14.6. The molecule has 136 valence electrons. The predicted molar refractivity (Wildman–Crippen MR) is 99.3 cm³/mol. The summed E-state index contributed by atoms with van der Waals surface area (Å²) in [6, 6.07) is 13.1. The van der Waals surface area contributed by atoms with Crippen LogP contribution in [0, 0.1) is 5.92 Å². The minimum absolute atomic E-state index is 0.0328. The zero-order chi connectivity index (χ0) is 18.4. The molecule has 1 unspecified atom stereocenters. The zero-order valence-electron chi connectivity index (χ0n) is 14.6. The van der Waals surface area contributed by atoms with E-state index in [0.29, 0.717) is 18.9 Å². The molecular formula is C20H23N3O3. The van der Waals surface area contributed by atoms with Crippen LogP contribution in [0.1, 0.15) is 28.9 Å². The van der Waals surface area contributed by atoms with Crippen molar-refractivity contribution in [2.24, 2.45) is 5.92 Å². The van der Waals surface area contributed by atoms with Crippen LogP contribution in [0.4, 0.5) is 5.69 Å². The van der Waals surface area contributed by atoms with Gasteiger partial charge in [0.05, 0.1) is 6.42 Å². The van der Waals surface area contributed by atoms with Gasteiger partial charge in [0.25, 0.3) is 0 Å². The minimum Gasteiger partial charge on any atom is -0.477 e. The van der Waals surface area contributed by atoms with E-state index < -0.39 is 5.97 Å². The van der Waals surface area contributed by atoms with Crippen molar-refractivity contribution in [2.75, 3.05) is 24.5 Å². The Bertz CT molecular complexity index is 764. The number of rotatable bonds is 6. The molecule has 0 bridgehead atoms. The highest BCUT2D eigenvalue weighted by molar-refractivity contribution is 5.86. The molecule has 3 rings (SSSR count). The first kappa shape index (κ1) is 17.9. The summed E-state index contributed by atoms with van der Waals surface area (Å²) in [5, 5.41) is 12.1. The Labute approximate surface area is 152 Å². The number of pyridine rings is 1. The summed E-state index contributed by atoms with van der Waals surface area (Å²) in [6.07, 6.45) is 4.00. The van der Waals surface area contributed by atoms with Crippen molar-refractivity contribution in [3.05, 3.63) is 59.9 Å². The third kappa shape index (κ3) is 4.81. The second-order valence-electron chi connectivity index (χ2n) is 6.63. The Hall–Kier alpha value is -2.89. The Morgan fingerprint density at radius 1 is 1.23 bits per heavy atom. The van der Waals surface area contributed by atoms with Crippen molar-refractivity contribution >= 4 is 17.6 Å². The second-order valence-corrected chi connectivity index (χ2v) is 6.63. The predicted octanol–water partition coefficient (Wildman–Crippen LogP) is 2.36. The molecule has 6 nitrogen and oxygen atoms in total. The molecule has 0 radical (unpaired) electrons. The molecule has 1 amide bonds. The number of carboxylic acids is 1. The summed E-state index contributed by atoms with van der Waals surface area (Å²) < 4.78 is 0. The van der Waals surface area contributed by atoms with Crippen LogP contribution in [0.15, 0.2) is 48.7 Å². The normalized spacial score (nSPS) is 16.9. The maximum absolute atomic E-state index is 12.1. The highest BCUT2D eigenvalue weighted by Crippen LogP contribution is 2.23. The minimum atomic E-state index is -1.02. The van der Waals surface area contributed by atoms with Gasteiger partial charge >= 0.3 is 5.97 Å². The van der Waals surface area contributed by atoms with Crippen molar-refractivity contribution in [3.63, 3.8) is 0 Å². The summed E-state index contributed by atoms with van der Waals surface area (Å²) in [6.45, 7) is 2.32. The molecular weight excluding hydrogens is 330 g/mol. The molecule has 0 spiro atoms. The number of aromatic nitrogens is 1. The van der Waals surface area contributed by atoms with Gasteiger partial charge in [-0.05, 0) is 36.5 Å². The van der Waals surface area contributed by atoms with Crippen LogP contribution in [0.5, 0.6) is 0 Å². The molecule has 1 saturated heterocycles. The van der Waals surface area contributed by atoms with Gasteiger partial charge in [-0.1, -0.05) is 30.3 Å². The van der Waals surface area contributed by atoms with E-state index in [-0.39, 0.29) is 11.6 Å². The Morgan fingerprint density at radius 3 is 2.81 bits per heavy atom. The van der Waals surface area contributed by atoms with E-state index in [1.165, 1.54) is 6.20 Å². The fourth-order valence-electron chi connectivity index (χ4n) is 3.30. The first-order valence-corrected chi connectivity index (χ1v) is 8.87. The quantitative estimate of drug-likeness (QED) is 0.833. The van der Waals surface area contributed by atoms with Crippen molar-refractivity contribution in [3.8, 4) is 0 Å². The number of nitrogens with one attached hydrogen (secondary N) is 1. The number of piperidine rings is 1. The number of anilines is 1. The fraction of sp³-hybridized carbons (Fsp3) is 0.350. The van der Waals surface area contributed by atoms with Crippen LogP contribution in [0.25, 0.3) is 0 Å². The van der Waals surface area contributed by atoms with Crippen molar-refractivity contribution in [1.29, 1.82) is 0 Å². The number of amides is 1. The molecule has 1 aromatic heterocycles. The van der Waals surface area contributed by atoms with Crippen molar-refractivity contribution < 1.29 is 14.7 Å². The summed E-state index contributed by atoms with van der Waals surface area (Å²) in [5.41, 5.74) is 1.94. The molecule has 1 fully saturated rings. The van der Waals surface area contributed by atoms with Gasteiger partial charge in [0.1, 0.15) is 5.69 Å². The Kier molecular flexibility index (Phi) is 5.84. The summed E-state index contributed by atoms with van der Waals surface area (Å²) in [7, 11) is 0. The van der Waals surface area contributed by atoms with Gasteiger partial charge in [-0.2, -0.15) is 0 Å². The molecule has 1 aromatic carbocycles. The van der Waals surface area contributed by atoms with E-state index >= 15 is 0 Å². The van der Waals surface area contributed by atoms with Gasteiger partial charge in [-0.3, -0.25) is 4.79 Å². The number of carbonyl (C=O) groups excluding carboxylic acids is 1. The summed E-state index contributed by atoms with van der Waals surface area (Å²) >= 11 is 0. The molecule has 2 aromatic rings. The van der Waals surface area contributed by atoms with E-state index in [1.54, 1.807) is 6.07 Å². The van der Waals surface area contributed by atoms with Crippen molar-refractivity contribution in [1.82, 2.24) is 10.3 Å². The topological polar surface area (TPSA) is 82.5 Å². The number of hydrogen-bond donors (Lipinski definition) is 2. The molecule has 26 heavy (non-hydrogen) atoms. The molecule has 1 aliphatic rings. The van der Waals surface area contributed by atoms with Crippen LogP contribution in [-0.4, -0.2) is 41.6 Å². The van der Waals surface area contributed by atoms with Gasteiger partial charge in [0.2, 0.25) is 5.91 Å². The molecule has 1 aliphatic heterocycles. The monoisotopic (exact) mass is 353 g/mol. The highest BCUT2D eigenvalue weighted by atomic mass is 16.4. The SMILES string of the molecule is O=C(Cc1ccccc1)NCC1CCCN(c2ccnc(C(=O)O)c2)C1. The van der Waals surface area contributed by atoms with E-state index in [4.69, 9.17) is 5.11 Å². The van der Waals surface area contributed by atoms with Crippen LogP contribution in [0.3, 0.4) is 0 Å². The lowest BCUT2D eigenvalue weighted by molar-refractivity contribution is -0.120. The fourth-order valence-corrected chi connectivity index (χ4v) is 3.30. The maximum Gasteiger partial charge on any atom is 0.354 e. The van der Waals surface area contributed by atoms with E-state index in [1.807, 2.05) is 36.4 Å². The first-order chi connectivity index (χ1) is 12.6. The molecule has 0 aliphatic carbocycles. The number of benzene rings is 1. The van der Waals surface area contributed by atoms with Crippen molar-refractivity contribution in [2.45, 2.75) is 19.3 Å². The number of carboxylic acid groups (broad SMARTS) is 1. The average molecular weight is 353 g/mol. The maximum atomic E-state index is 12.1. The molecule has 0 saturated carbocycles. The lowest BCUT2D eigenvalue weighted by Gasteiger charge is -2.34. The Balaban J connectivity index is 1.53. The third-order valence-corrected chi connectivity index (χ3v) is 4.64. The van der Waals surface area contributed by atoms with E-state index in [9.17, 15) is 9.59 Å². The number of carbonyl (C=O) groups is 2. The summed E-state index contributed by atoms with van der Waals surface area (Å²) in [4.78, 5) is 29.3. The molecule has 2 heterocycles. The molecule has 2 N–H and O–H groups in total. The van der Waals surface area contributed by atoms with Gasteiger partial charge in [-0.15, -0.1) is 0 Å². The number of hydrogen-bond acceptors (Lipinski definition) is 4. The first-order valence-electron chi connectivity index (χ1n) is 8.87. The number of aromatic carboxylic acids is 1. The van der Waals surface area contributed by atoms with Crippen LogP contribution < -0.4 is 10.2 Å². The van der Waals surface area contributed by atoms with E-state index in [0.717, 1.165) is 37.2 Å². The van der Waals surface area contributed by atoms with Gasteiger partial charge in [-0.25, -0.2) is 9.78 Å². The van der Waals surface area contributed by atoms with Crippen LogP contribution in [-0.2, 0) is 11.2 Å². The van der Waals surface area contributed by atoms with Gasteiger partial charge in [0, 0.05) is 31.5 Å².